The summed E-state index contributed by atoms with van der Waals surface area (Å²) in [6.07, 6.45) is 0. The Morgan fingerprint density at radius 3 is 2.65 bits per heavy atom. The van der Waals surface area contributed by atoms with Crippen molar-refractivity contribution in [1.82, 2.24) is 10.1 Å². The number of aromatic nitrogens is 1. The molecular weight excluding hydrogens is 300 g/mol. The molecule has 0 saturated carbocycles. The highest BCUT2D eigenvalue weighted by Gasteiger charge is 2.12. The summed E-state index contributed by atoms with van der Waals surface area (Å²) in [6, 6.07) is 4.24. The van der Waals surface area contributed by atoms with Gasteiger partial charge in [0.1, 0.15) is 5.76 Å². The molecule has 0 fully saturated rings. The topological polar surface area (TPSA) is 29.3 Å². The molecular formula is C12H15BrN2OS. The van der Waals surface area contributed by atoms with Gasteiger partial charge in [0, 0.05) is 23.5 Å². The van der Waals surface area contributed by atoms with Gasteiger partial charge in [0.05, 0.1) is 9.48 Å². The van der Waals surface area contributed by atoms with Crippen molar-refractivity contribution < 1.29 is 4.52 Å². The molecule has 2 aromatic heterocycles. The van der Waals surface area contributed by atoms with Crippen molar-refractivity contribution in [1.29, 1.82) is 0 Å². The van der Waals surface area contributed by atoms with Crippen LogP contribution in [0.5, 0.6) is 0 Å². The Morgan fingerprint density at radius 2 is 2.12 bits per heavy atom. The minimum absolute atomic E-state index is 0.872. The molecule has 5 heteroatoms. The summed E-state index contributed by atoms with van der Waals surface area (Å²) in [5.41, 5.74) is 2.19. The summed E-state index contributed by atoms with van der Waals surface area (Å²) < 4.78 is 6.35. The lowest BCUT2D eigenvalue weighted by molar-refractivity contribution is 0.317. The molecule has 0 atom stereocenters. The SMILES string of the molecule is Cc1noc(C)c1CN(C)Cc1ccc(Br)s1. The standard InChI is InChI=1S/C12H15BrN2OS/c1-8-11(9(2)16-14-8)7-15(3)6-10-4-5-12(13)17-10/h4-5H,6-7H2,1-3H3. The molecule has 0 radical (unpaired) electrons. The Bertz CT molecular complexity index is 487. The Balaban J connectivity index is 2.00. The van der Waals surface area contributed by atoms with Crippen molar-refractivity contribution in [2.45, 2.75) is 26.9 Å². The van der Waals surface area contributed by atoms with Crippen LogP contribution < -0.4 is 0 Å². The fourth-order valence-electron chi connectivity index (χ4n) is 1.76. The van der Waals surface area contributed by atoms with Crippen LogP contribution in [0.4, 0.5) is 0 Å². The highest BCUT2D eigenvalue weighted by Crippen LogP contribution is 2.24. The van der Waals surface area contributed by atoms with Gasteiger partial charge in [-0.2, -0.15) is 0 Å². The number of hydrogen-bond donors (Lipinski definition) is 0. The van der Waals surface area contributed by atoms with Crippen molar-refractivity contribution in [3.8, 4) is 0 Å². The molecule has 0 aliphatic rings. The van der Waals surface area contributed by atoms with E-state index in [-0.39, 0.29) is 0 Å². The van der Waals surface area contributed by atoms with Gasteiger partial charge in [0.2, 0.25) is 0 Å². The predicted octanol–water partition coefficient (Wildman–Crippen LogP) is 3.75. The smallest absolute Gasteiger partial charge is 0.138 e. The van der Waals surface area contributed by atoms with Crippen LogP contribution in [0.2, 0.25) is 0 Å². The van der Waals surface area contributed by atoms with Gasteiger partial charge in [-0.15, -0.1) is 11.3 Å². The van der Waals surface area contributed by atoms with Crippen molar-refractivity contribution >= 4 is 27.3 Å². The van der Waals surface area contributed by atoms with Crippen molar-refractivity contribution in [3.05, 3.63) is 37.8 Å². The van der Waals surface area contributed by atoms with Crippen LogP contribution in [0.1, 0.15) is 21.9 Å². The Labute approximate surface area is 114 Å². The molecule has 0 aliphatic carbocycles. The predicted molar refractivity (Wildman–Crippen MR) is 73.2 cm³/mol. The first-order valence-electron chi connectivity index (χ1n) is 5.40. The number of halogens is 1. The molecule has 2 rings (SSSR count). The average Bonchev–Trinajstić information content (AvgIpc) is 2.79. The maximum Gasteiger partial charge on any atom is 0.138 e. The molecule has 0 aliphatic heterocycles. The van der Waals surface area contributed by atoms with Gasteiger partial charge < -0.3 is 4.52 Å². The lowest BCUT2D eigenvalue weighted by Gasteiger charge is -2.15. The Hall–Kier alpha value is -0.650. The molecule has 2 aromatic rings. The monoisotopic (exact) mass is 314 g/mol. The van der Waals surface area contributed by atoms with Gasteiger partial charge in [-0.05, 0) is 49.0 Å². The van der Waals surface area contributed by atoms with Crippen molar-refractivity contribution in [2.24, 2.45) is 0 Å². The molecule has 0 unspecified atom stereocenters. The van der Waals surface area contributed by atoms with E-state index in [1.54, 1.807) is 11.3 Å². The molecule has 0 bridgehead atoms. The van der Waals surface area contributed by atoms with E-state index in [2.05, 4.69) is 45.2 Å². The number of rotatable bonds is 4. The maximum atomic E-state index is 5.17. The van der Waals surface area contributed by atoms with Crippen LogP contribution in [-0.2, 0) is 13.1 Å². The van der Waals surface area contributed by atoms with E-state index in [0.717, 1.165) is 24.5 Å². The zero-order chi connectivity index (χ0) is 12.4. The second-order valence-electron chi connectivity index (χ2n) is 4.18. The summed E-state index contributed by atoms with van der Waals surface area (Å²) >= 11 is 5.25. The van der Waals surface area contributed by atoms with Crippen LogP contribution in [0.3, 0.4) is 0 Å². The van der Waals surface area contributed by atoms with Gasteiger partial charge in [0.15, 0.2) is 0 Å². The number of nitrogens with zero attached hydrogens (tertiary/aromatic N) is 2. The van der Waals surface area contributed by atoms with Crippen LogP contribution in [-0.4, -0.2) is 17.1 Å². The third-order valence-corrected chi connectivity index (χ3v) is 4.27. The van der Waals surface area contributed by atoms with Crippen molar-refractivity contribution in [3.63, 3.8) is 0 Å². The van der Waals surface area contributed by atoms with Crippen LogP contribution in [0, 0.1) is 13.8 Å². The fraction of sp³-hybridized carbons (Fsp3) is 0.417. The molecule has 92 valence electrons. The van der Waals surface area contributed by atoms with E-state index < -0.39 is 0 Å². The number of aryl methyl sites for hydroxylation is 2. The quantitative estimate of drug-likeness (QED) is 0.860. The van der Waals surface area contributed by atoms with E-state index in [4.69, 9.17) is 4.52 Å². The summed E-state index contributed by atoms with van der Waals surface area (Å²) in [6.45, 7) is 5.77. The molecule has 0 amide bonds. The van der Waals surface area contributed by atoms with Gasteiger partial charge >= 0.3 is 0 Å². The zero-order valence-electron chi connectivity index (χ0n) is 10.2. The summed E-state index contributed by atoms with van der Waals surface area (Å²) in [4.78, 5) is 3.62. The highest BCUT2D eigenvalue weighted by atomic mass is 79.9. The van der Waals surface area contributed by atoms with Crippen LogP contribution in [0.15, 0.2) is 20.4 Å². The second-order valence-corrected chi connectivity index (χ2v) is 6.73. The molecule has 17 heavy (non-hydrogen) atoms. The first-order chi connectivity index (χ1) is 8.06. The largest absolute Gasteiger partial charge is 0.361 e. The van der Waals surface area contributed by atoms with Gasteiger partial charge in [-0.3, -0.25) is 4.90 Å². The van der Waals surface area contributed by atoms with Crippen LogP contribution in [0.25, 0.3) is 0 Å². The zero-order valence-corrected chi connectivity index (χ0v) is 12.6. The molecule has 2 heterocycles. The Kier molecular flexibility index (Phi) is 4.01. The number of hydrogen-bond acceptors (Lipinski definition) is 4. The lowest BCUT2D eigenvalue weighted by atomic mass is 10.2. The molecule has 0 spiro atoms. The highest BCUT2D eigenvalue weighted by molar-refractivity contribution is 9.11. The van der Waals surface area contributed by atoms with Crippen LogP contribution >= 0.6 is 27.3 Å². The van der Waals surface area contributed by atoms with Crippen molar-refractivity contribution in [2.75, 3.05) is 7.05 Å². The minimum Gasteiger partial charge on any atom is -0.361 e. The molecule has 0 saturated heterocycles. The van der Waals surface area contributed by atoms with Gasteiger partial charge in [-0.1, -0.05) is 5.16 Å². The first kappa shape index (κ1) is 12.8. The third-order valence-electron chi connectivity index (χ3n) is 2.66. The maximum absolute atomic E-state index is 5.17. The number of thiophene rings is 1. The van der Waals surface area contributed by atoms with Gasteiger partial charge in [0.25, 0.3) is 0 Å². The second kappa shape index (κ2) is 5.33. The van der Waals surface area contributed by atoms with E-state index in [0.29, 0.717) is 0 Å². The minimum atomic E-state index is 0.872. The molecule has 0 aromatic carbocycles. The Morgan fingerprint density at radius 1 is 1.35 bits per heavy atom. The normalized spacial score (nSPS) is 11.4. The van der Waals surface area contributed by atoms with E-state index >= 15 is 0 Å². The molecule has 3 nitrogen and oxygen atoms in total. The first-order valence-corrected chi connectivity index (χ1v) is 7.01. The lowest BCUT2D eigenvalue weighted by Crippen LogP contribution is -2.17. The van der Waals surface area contributed by atoms with E-state index in [1.165, 1.54) is 14.2 Å². The summed E-state index contributed by atoms with van der Waals surface area (Å²) in [5, 5.41) is 3.97. The summed E-state index contributed by atoms with van der Waals surface area (Å²) in [5.74, 6) is 0.918. The average molecular weight is 315 g/mol. The molecule has 0 N–H and O–H groups in total. The van der Waals surface area contributed by atoms with Gasteiger partial charge in [-0.25, -0.2) is 0 Å². The van der Waals surface area contributed by atoms with E-state index in [9.17, 15) is 0 Å². The summed E-state index contributed by atoms with van der Waals surface area (Å²) in [7, 11) is 2.11. The third kappa shape index (κ3) is 3.18. The van der Waals surface area contributed by atoms with E-state index in [1.807, 2.05) is 13.8 Å². The fourth-order valence-corrected chi connectivity index (χ4v) is 3.32.